The van der Waals surface area contributed by atoms with Crippen LogP contribution in [0, 0.1) is 6.92 Å². The Kier molecular flexibility index (Phi) is 3.54. The van der Waals surface area contributed by atoms with Crippen LogP contribution < -0.4 is 10.5 Å². The number of hydrogen-bond acceptors (Lipinski definition) is 4. The van der Waals surface area contributed by atoms with Gasteiger partial charge in [0.15, 0.2) is 0 Å². The highest BCUT2D eigenvalue weighted by molar-refractivity contribution is 7.14. The minimum Gasteiger partial charge on any atom is -0.492 e. The second kappa shape index (κ2) is 4.94. The van der Waals surface area contributed by atoms with E-state index in [2.05, 4.69) is 4.98 Å². The molecule has 0 radical (unpaired) electrons. The Hall–Kier alpha value is -1.26. The van der Waals surface area contributed by atoms with Crippen molar-refractivity contribution in [1.82, 2.24) is 4.98 Å². The van der Waals surface area contributed by atoms with E-state index in [1.54, 1.807) is 5.51 Å². The first-order chi connectivity index (χ1) is 8.13. The lowest BCUT2D eigenvalue weighted by atomic mass is 10.1. The predicted octanol–water partition coefficient (Wildman–Crippen LogP) is 3.75. The van der Waals surface area contributed by atoms with Crippen LogP contribution in [-0.4, -0.2) is 11.6 Å². The van der Waals surface area contributed by atoms with Gasteiger partial charge in [-0.05, 0) is 31.5 Å². The van der Waals surface area contributed by atoms with E-state index in [0.717, 1.165) is 16.8 Å². The molecule has 0 aliphatic rings. The summed E-state index contributed by atoms with van der Waals surface area (Å²) in [5.74, 6) is 0.698. The molecule has 2 aromatic rings. The summed E-state index contributed by atoms with van der Waals surface area (Å²) >= 11 is 7.58. The summed E-state index contributed by atoms with van der Waals surface area (Å²) in [7, 11) is 0. The molecular weight excluding hydrogens is 256 g/mol. The summed E-state index contributed by atoms with van der Waals surface area (Å²) in [4.78, 5) is 4.26. The van der Waals surface area contributed by atoms with Gasteiger partial charge in [-0.2, -0.15) is 0 Å². The Morgan fingerprint density at radius 3 is 2.82 bits per heavy atom. The van der Waals surface area contributed by atoms with Gasteiger partial charge in [-0.1, -0.05) is 11.6 Å². The van der Waals surface area contributed by atoms with E-state index in [9.17, 15) is 0 Å². The SMILES string of the molecule is CCOc1cc(C)c(-c2ncsc2N)cc1Cl. The highest BCUT2D eigenvalue weighted by atomic mass is 35.5. The first kappa shape index (κ1) is 12.2. The molecule has 0 aliphatic heterocycles. The van der Waals surface area contributed by atoms with Gasteiger partial charge in [-0.15, -0.1) is 11.3 Å². The third kappa shape index (κ3) is 2.37. The fourth-order valence-corrected chi connectivity index (χ4v) is 2.40. The van der Waals surface area contributed by atoms with Crippen molar-refractivity contribution in [3.05, 3.63) is 28.2 Å². The maximum atomic E-state index is 6.16. The van der Waals surface area contributed by atoms with Crippen LogP contribution in [0.15, 0.2) is 17.6 Å². The number of nitrogens with zero attached hydrogens (tertiary/aromatic N) is 1. The number of aromatic nitrogens is 1. The fraction of sp³-hybridized carbons (Fsp3) is 0.250. The molecule has 0 amide bonds. The number of rotatable bonds is 3. The van der Waals surface area contributed by atoms with Gasteiger partial charge in [0.25, 0.3) is 0 Å². The van der Waals surface area contributed by atoms with E-state index in [1.165, 1.54) is 11.3 Å². The fourth-order valence-electron chi connectivity index (χ4n) is 1.63. The van der Waals surface area contributed by atoms with Gasteiger partial charge < -0.3 is 10.5 Å². The van der Waals surface area contributed by atoms with Gasteiger partial charge in [-0.25, -0.2) is 4.98 Å². The maximum absolute atomic E-state index is 6.16. The Labute approximate surface area is 109 Å². The molecule has 2 rings (SSSR count). The number of hydrogen-bond donors (Lipinski definition) is 1. The van der Waals surface area contributed by atoms with Crippen LogP contribution >= 0.6 is 22.9 Å². The predicted molar refractivity (Wildman–Crippen MR) is 72.9 cm³/mol. The quantitative estimate of drug-likeness (QED) is 0.922. The Bertz CT molecular complexity index is 539. The van der Waals surface area contributed by atoms with Crippen LogP contribution in [0.4, 0.5) is 5.00 Å². The Morgan fingerprint density at radius 2 is 2.24 bits per heavy atom. The second-order valence-corrected chi connectivity index (χ2v) is 4.89. The lowest BCUT2D eigenvalue weighted by Crippen LogP contribution is -1.95. The van der Waals surface area contributed by atoms with Crippen molar-refractivity contribution in [3.63, 3.8) is 0 Å². The van der Waals surface area contributed by atoms with Gasteiger partial charge >= 0.3 is 0 Å². The van der Waals surface area contributed by atoms with E-state index in [4.69, 9.17) is 22.1 Å². The van der Waals surface area contributed by atoms with Crippen molar-refractivity contribution >= 4 is 27.9 Å². The van der Waals surface area contributed by atoms with Crippen molar-refractivity contribution in [2.75, 3.05) is 12.3 Å². The molecule has 1 aromatic heterocycles. The molecule has 1 heterocycles. The zero-order valence-electron chi connectivity index (χ0n) is 9.66. The maximum Gasteiger partial charge on any atom is 0.138 e. The zero-order valence-corrected chi connectivity index (χ0v) is 11.2. The summed E-state index contributed by atoms with van der Waals surface area (Å²) in [6.45, 7) is 4.52. The number of nitrogens with two attached hydrogens (primary N) is 1. The highest BCUT2D eigenvalue weighted by Gasteiger charge is 2.12. The standard InChI is InChI=1S/C12H13ClN2OS/c1-3-16-10-4-7(2)8(5-9(10)13)11-12(14)17-6-15-11/h4-6H,3,14H2,1-2H3. The average Bonchev–Trinajstić information content (AvgIpc) is 2.70. The minimum atomic E-state index is 0.583. The molecule has 0 bridgehead atoms. The van der Waals surface area contributed by atoms with E-state index in [1.807, 2.05) is 26.0 Å². The van der Waals surface area contributed by atoms with Crippen LogP contribution in [0.1, 0.15) is 12.5 Å². The zero-order chi connectivity index (χ0) is 12.4. The van der Waals surface area contributed by atoms with Crippen molar-refractivity contribution in [1.29, 1.82) is 0 Å². The van der Waals surface area contributed by atoms with Crippen LogP contribution in [0.2, 0.25) is 5.02 Å². The van der Waals surface area contributed by atoms with Crippen molar-refractivity contribution in [3.8, 4) is 17.0 Å². The van der Waals surface area contributed by atoms with E-state index in [0.29, 0.717) is 22.4 Å². The van der Waals surface area contributed by atoms with Crippen molar-refractivity contribution in [2.45, 2.75) is 13.8 Å². The van der Waals surface area contributed by atoms with Crippen LogP contribution in [0.3, 0.4) is 0 Å². The first-order valence-electron chi connectivity index (χ1n) is 5.25. The largest absolute Gasteiger partial charge is 0.492 e. The molecule has 0 unspecified atom stereocenters. The van der Waals surface area contributed by atoms with Crippen LogP contribution in [0.5, 0.6) is 5.75 Å². The molecule has 3 nitrogen and oxygen atoms in total. The lowest BCUT2D eigenvalue weighted by Gasteiger charge is -2.10. The number of thiazole rings is 1. The molecule has 5 heteroatoms. The number of halogens is 1. The van der Waals surface area contributed by atoms with Crippen molar-refractivity contribution in [2.24, 2.45) is 0 Å². The molecule has 2 N–H and O–H groups in total. The number of ether oxygens (including phenoxy) is 1. The van der Waals surface area contributed by atoms with Gasteiger partial charge in [0.2, 0.25) is 0 Å². The first-order valence-corrected chi connectivity index (χ1v) is 6.51. The van der Waals surface area contributed by atoms with Gasteiger partial charge in [0.05, 0.1) is 17.1 Å². The number of aryl methyl sites for hydroxylation is 1. The normalized spacial score (nSPS) is 10.5. The van der Waals surface area contributed by atoms with E-state index in [-0.39, 0.29) is 0 Å². The summed E-state index contributed by atoms with van der Waals surface area (Å²) in [5.41, 5.74) is 10.4. The summed E-state index contributed by atoms with van der Waals surface area (Å²) < 4.78 is 5.44. The molecule has 1 aromatic carbocycles. The summed E-state index contributed by atoms with van der Waals surface area (Å²) in [6.07, 6.45) is 0. The van der Waals surface area contributed by atoms with Gasteiger partial charge in [0, 0.05) is 5.56 Å². The molecule has 17 heavy (non-hydrogen) atoms. The van der Waals surface area contributed by atoms with Gasteiger partial charge in [-0.3, -0.25) is 0 Å². The lowest BCUT2D eigenvalue weighted by molar-refractivity contribution is 0.340. The van der Waals surface area contributed by atoms with Crippen LogP contribution in [0.25, 0.3) is 11.3 Å². The van der Waals surface area contributed by atoms with E-state index >= 15 is 0 Å². The molecule has 0 aliphatic carbocycles. The monoisotopic (exact) mass is 268 g/mol. The smallest absolute Gasteiger partial charge is 0.138 e. The average molecular weight is 269 g/mol. The molecule has 0 atom stereocenters. The van der Waals surface area contributed by atoms with Crippen molar-refractivity contribution < 1.29 is 4.74 Å². The Morgan fingerprint density at radius 1 is 1.47 bits per heavy atom. The Balaban J connectivity index is 2.50. The molecule has 90 valence electrons. The number of benzene rings is 1. The summed E-state index contributed by atoms with van der Waals surface area (Å²) in [5, 5.41) is 1.29. The topological polar surface area (TPSA) is 48.1 Å². The van der Waals surface area contributed by atoms with E-state index < -0.39 is 0 Å². The number of anilines is 1. The number of nitrogen functional groups attached to an aromatic ring is 1. The van der Waals surface area contributed by atoms with Crippen LogP contribution in [-0.2, 0) is 0 Å². The minimum absolute atomic E-state index is 0.583. The molecular formula is C12H13ClN2OS. The molecule has 0 saturated heterocycles. The molecule has 0 saturated carbocycles. The molecule has 0 spiro atoms. The third-order valence-electron chi connectivity index (χ3n) is 2.43. The second-order valence-electron chi connectivity index (χ2n) is 3.60. The highest BCUT2D eigenvalue weighted by Crippen LogP contribution is 2.36. The third-order valence-corrected chi connectivity index (χ3v) is 3.38. The van der Waals surface area contributed by atoms with Gasteiger partial charge in [0.1, 0.15) is 16.4 Å². The summed E-state index contributed by atoms with van der Waals surface area (Å²) in [6, 6.07) is 3.77. The molecule has 0 fully saturated rings.